The van der Waals surface area contributed by atoms with E-state index in [0.29, 0.717) is 5.69 Å². The lowest BCUT2D eigenvalue weighted by Crippen LogP contribution is -2.35. The molecule has 112 valence electrons. The number of amides is 2. The SMILES string of the molecule is O=C1CC(Nc2ccc(Br)cc2)C(=O)N1c1ccccc1Br. The molecule has 1 aliphatic heterocycles. The van der Waals surface area contributed by atoms with Crippen molar-refractivity contribution in [3.8, 4) is 0 Å². The van der Waals surface area contributed by atoms with Gasteiger partial charge < -0.3 is 5.32 Å². The van der Waals surface area contributed by atoms with E-state index >= 15 is 0 Å². The van der Waals surface area contributed by atoms with Crippen LogP contribution in [0.4, 0.5) is 11.4 Å². The van der Waals surface area contributed by atoms with E-state index in [1.165, 1.54) is 4.90 Å². The van der Waals surface area contributed by atoms with Crippen LogP contribution in [0.5, 0.6) is 0 Å². The number of benzene rings is 2. The number of rotatable bonds is 3. The number of para-hydroxylation sites is 1. The number of nitrogens with zero attached hydrogens (tertiary/aromatic N) is 1. The molecule has 0 spiro atoms. The van der Waals surface area contributed by atoms with E-state index in [-0.39, 0.29) is 18.2 Å². The van der Waals surface area contributed by atoms with Crippen molar-refractivity contribution in [2.45, 2.75) is 12.5 Å². The van der Waals surface area contributed by atoms with Crippen molar-refractivity contribution in [1.29, 1.82) is 0 Å². The third kappa shape index (κ3) is 2.94. The quantitative estimate of drug-likeness (QED) is 0.760. The van der Waals surface area contributed by atoms with Crippen LogP contribution in [-0.2, 0) is 9.59 Å². The van der Waals surface area contributed by atoms with Gasteiger partial charge in [0.25, 0.3) is 5.91 Å². The fourth-order valence-electron chi connectivity index (χ4n) is 2.38. The van der Waals surface area contributed by atoms with Crippen LogP contribution in [0.3, 0.4) is 0 Å². The van der Waals surface area contributed by atoms with Gasteiger partial charge in [-0.05, 0) is 52.3 Å². The Labute approximate surface area is 144 Å². The van der Waals surface area contributed by atoms with Crippen LogP contribution in [0.2, 0.25) is 0 Å². The highest BCUT2D eigenvalue weighted by atomic mass is 79.9. The van der Waals surface area contributed by atoms with E-state index < -0.39 is 6.04 Å². The fourth-order valence-corrected chi connectivity index (χ4v) is 3.10. The molecule has 0 aliphatic carbocycles. The minimum atomic E-state index is -0.541. The maximum absolute atomic E-state index is 12.6. The third-order valence-electron chi connectivity index (χ3n) is 3.43. The van der Waals surface area contributed by atoms with Gasteiger partial charge in [0.15, 0.2) is 0 Å². The van der Waals surface area contributed by atoms with Crippen molar-refractivity contribution >= 4 is 55.0 Å². The molecule has 0 aromatic heterocycles. The van der Waals surface area contributed by atoms with E-state index in [1.807, 2.05) is 36.4 Å². The van der Waals surface area contributed by atoms with Crippen LogP contribution >= 0.6 is 31.9 Å². The average Bonchev–Trinajstić information content (AvgIpc) is 2.77. The van der Waals surface area contributed by atoms with E-state index in [4.69, 9.17) is 0 Å². The Morgan fingerprint density at radius 1 is 1.00 bits per heavy atom. The lowest BCUT2D eigenvalue weighted by molar-refractivity contribution is -0.121. The first-order chi connectivity index (χ1) is 10.6. The standard InChI is InChI=1S/C16H12Br2N2O2/c17-10-5-7-11(8-6-10)19-13-9-15(21)20(16(13)22)14-4-2-1-3-12(14)18/h1-8,13,19H,9H2. The smallest absolute Gasteiger partial charge is 0.256 e. The van der Waals surface area contributed by atoms with Crippen molar-refractivity contribution in [3.05, 3.63) is 57.5 Å². The Hall–Kier alpha value is -1.66. The van der Waals surface area contributed by atoms with E-state index in [9.17, 15) is 9.59 Å². The van der Waals surface area contributed by atoms with Gasteiger partial charge >= 0.3 is 0 Å². The lowest BCUT2D eigenvalue weighted by atomic mass is 10.2. The van der Waals surface area contributed by atoms with Gasteiger partial charge in [0.2, 0.25) is 5.91 Å². The van der Waals surface area contributed by atoms with Crippen LogP contribution < -0.4 is 10.2 Å². The second kappa shape index (κ2) is 6.22. The maximum Gasteiger partial charge on any atom is 0.256 e. The molecule has 4 nitrogen and oxygen atoms in total. The van der Waals surface area contributed by atoms with E-state index in [0.717, 1.165) is 14.6 Å². The summed E-state index contributed by atoms with van der Waals surface area (Å²) in [5.74, 6) is -0.439. The normalized spacial score (nSPS) is 17.9. The van der Waals surface area contributed by atoms with Crippen molar-refractivity contribution in [2.75, 3.05) is 10.2 Å². The largest absolute Gasteiger partial charge is 0.373 e. The molecule has 6 heteroatoms. The highest BCUT2D eigenvalue weighted by molar-refractivity contribution is 9.10. The zero-order chi connectivity index (χ0) is 15.7. The Bertz CT molecular complexity index is 731. The van der Waals surface area contributed by atoms with Gasteiger partial charge in [-0.15, -0.1) is 0 Å². The summed E-state index contributed by atoms with van der Waals surface area (Å²) in [6, 6.07) is 14.2. The molecule has 1 fully saturated rings. The predicted molar refractivity (Wildman–Crippen MR) is 92.8 cm³/mol. The van der Waals surface area contributed by atoms with Crippen molar-refractivity contribution < 1.29 is 9.59 Å². The molecule has 1 aliphatic rings. The zero-order valence-electron chi connectivity index (χ0n) is 11.4. The molecule has 22 heavy (non-hydrogen) atoms. The zero-order valence-corrected chi connectivity index (χ0v) is 14.6. The van der Waals surface area contributed by atoms with Crippen molar-refractivity contribution in [1.82, 2.24) is 0 Å². The minimum Gasteiger partial charge on any atom is -0.373 e. The monoisotopic (exact) mass is 422 g/mol. The summed E-state index contributed by atoms with van der Waals surface area (Å²) >= 11 is 6.75. The van der Waals surface area contributed by atoms with Gasteiger partial charge in [-0.2, -0.15) is 0 Å². The lowest BCUT2D eigenvalue weighted by Gasteiger charge is -2.17. The summed E-state index contributed by atoms with van der Waals surface area (Å²) in [6.07, 6.45) is 0.149. The number of imide groups is 1. The Balaban J connectivity index is 1.82. The van der Waals surface area contributed by atoms with Crippen molar-refractivity contribution in [2.24, 2.45) is 0 Å². The molecule has 1 atom stereocenters. The summed E-state index contributed by atoms with van der Waals surface area (Å²) in [5, 5.41) is 3.12. The molecular weight excluding hydrogens is 412 g/mol. The number of hydrogen-bond donors (Lipinski definition) is 1. The highest BCUT2D eigenvalue weighted by Crippen LogP contribution is 2.31. The topological polar surface area (TPSA) is 49.4 Å². The van der Waals surface area contributed by atoms with Gasteiger partial charge in [0.1, 0.15) is 6.04 Å². The van der Waals surface area contributed by atoms with Gasteiger partial charge in [0.05, 0.1) is 12.1 Å². The van der Waals surface area contributed by atoms with Gasteiger partial charge in [-0.3, -0.25) is 9.59 Å². The molecule has 1 saturated heterocycles. The molecular formula is C16H12Br2N2O2. The molecule has 1 unspecified atom stereocenters. The van der Waals surface area contributed by atoms with E-state index in [1.54, 1.807) is 12.1 Å². The van der Waals surface area contributed by atoms with Gasteiger partial charge in [0, 0.05) is 14.6 Å². The van der Waals surface area contributed by atoms with Crippen LogP contribution in [-0.4, -0.2) is 17.9 Å². The summed E-state index contributed by atoms with van der Waals surface area (Å²) in [6.45, 7) is 0. The number of hydrogen-bond acceptors (Lipinski definition) is 3. The maximum atomic E-state index is 12.6. The van der Waals surface area contributed by atoms with Gasteiger partial charge in [-0.1, -0.05) is 28.1 Å². The summed E-state index contributed by atoms with van der Waals surface area (Å²) in [7, 11) is 0. The van der Waals surface area contributed by atoms with Crippen LogP contribution in [0.25, 0.3) is 0 Å². The number of anilines is 2. The minimum absolute atomic E-state index is 0.149. The predicted octanol–water partition coefficient (Wildman–Crippen LogP) is 3.96. The molecule has 1 N–H and O–H groups in total. The first-order valence-electron chi connectivity index (χ1n) is 6.69. The molecule has 0 radical (unpaired) electrons. The second-order valence-corrected chi connectivity index (χ2v) is 6.70. The fraction of sp³-hybridized carbons (Fsp3) is 0.125. The second-order valence-electron chi connectivity index (χ2n) is 4.93. The molecule has 2 aromatic rings. The molecule has 3 rings (SSSR count). The molecule has 2 aromatic carbocycles. The average molecular weight is 424 g/mol. The van der Waals surface area contributed by atoms with Crippen LogP contribution in [0.15, 0.2) is 57.5 Å². The first kappa shape index (κ1) is 15.2. The molecule has 0 saturated carbocycles. The van der Waals surface area contributed by atoms with Gasteiger partial charge in [-0.25, -0.2) is 4.90 Å². The first-order valence-corrected chi connectivity index (χ1v) is 8.28. The summed E-state index contributed by atoms with van der Waals surface area (Å²) in [5.41, 5.74) is 1.39. The molecule has 2 amide bonds. The third-order valence-corrected chi connectivity index (χ3v) is 4.62. The number of halogens is 2. The van der Waals surface area contributed by atoms with Crippen LogP contribution in [0.1, 0.15) is 6.42 Å². The highest BCUT2D eigenvalue weighted by Gasteiger charge is 2.40. The number of carbonyl (C=O) groups excluding carboxylic acids is 2. The Kier molecular flexibility index (Phi) is 4.31. The molecule has 0 bridgehead atoms. The number of nitrogens with one attached hydrogen (secondary N) is 1. The Morgan fingerprint density at radius 2 is 1.68 bits per heavy atom. The summed E-state index contributed by atoms with van der Waals surface area (Å²) < 4.78 is 1.68. The van der Waals surface area contributed by atoms with Crippen molar-refractivity contribution in [3.63, 3.8) is 0 Å². The molecule has 1 heterocycles. The number of carbonyl (C=O) groups is 2. The Morgan fingerprint density at radius 3 is 2.36 bits per heavy atom. The summed E-state index contributed by atoms with van der Waals surface area (Å²) in [4.78, 5) is 26.0. The van der Waals surface area contributed by atoms with Crippen LogP contribution in [0, 0.1) is 0 Å². The van der Waals surface area contributed by atoms with E-state index in [2.05, 4.69) is 37.2 Å².